The van der Waals surface area contributed by atoms with Crippen LogP contribution in [0.3, 0.4) is 0 Å². The highest BCUT2D eigenvalue weighted by Crippen LogP contribution is 2.12. The highest BCUT2D eigenvalue weighted by Gasteiger charge is 2.26. The SMILES string of the molecule is CC(CNC(=O)C1CCCO1)NC(=O)C1CCCO1. The first-order valence-corrected chi connectivity index (χ1v) is 6.98. The van der Waals surface area contributed by atoms with Crippen molar-refractivity contribution in [3.8, 4) is 0 Å². The van der Waals surface area contributed by atoms with E-state index in [2.05, 4.69) is 10.6 Å². The molecule has 6 nitrogen and oxygen atoms in total. The van der Waals surface area contributed by atoms with Gasteiger partial charge >= 0.3 is 0 Å². The Kier molecular flexibility index (Phi) is 5.15. The number of hydrogen-bond donors (Lipinski definition) is 2. The van der Waals surface area contributed by atoms with Gasteiger partial charge in [-0.2, -0.15) is 0 Å². The molecule has 2 amide bonds. The lowest BCUT2D eigenvalue weighted by Crippen LogP contribution is -2.47. The minimum atomic E-state index is -0.323. The molecule has 2 saturated heterocycles. The Morgan fingerprint density at radius 3 is 2.21 bits per heavy atom. The van der Waals surface area contributed by atoms with Crippen LogP contribution in [0.5, 0.6) is 0 Å². The van der Waals surface area contributed by atoms with E-state index in [1.54, 1.807) is 0 Å². The van der Waals surface area contributed by atoms with Gasteiger partial charge in [0.15, 0.2) is 0 Å². The average molecular weight is 270 g/mol. The smallest absolute Gasteiger partial charge is 0.249 e. The van der Waals surface area contributed by atoms with E-state index in [1.165, 1.54) is 0 Å². The Morgan fingerprint density at radius 1 is 1.11 bits per heavy atom. The van der Waals surface area contributed by atoms with Gasteiger partial charge in [0.05, 0.1) is 0 Å². The lowest BCUT2D eigenvalue weighted by molar-refractivity contribution is -0.132. The maximum absolute atomic E-state index is 11.8. The van der Waals surface area contributed by atoms with Crippen LogP contribution in [0.4, 0.5) is 0 Å². The minimum Gasteiger partial charge on any atom is -0.368 e. The van der Waals surface area contributed by atoms with Crippen molar-refractivity contribution in [1.29, 1.82) is 0 Å². The molecule has 2 aliphatic rings. The zero-order chi connectivity index (χ0) is 13.7. The van der Waals surface area contributed by atoms with Crippen LogP contribution in [-0.4, -0.2) is 49.8 Å². The normalized spacial score (nSPS) is 28.1. The van der Waals surface area contributed by atoms with E-state index in [0.29, 0.717) is 19.8 Å². The summed E-state index contributed by atoms with van der Waals surface area (Å²) in [7, 11) is 0. The number of amides is 2. The van der Waals surface area contributed by atoms with Gasteiger partial charge in [-0.05, 0) is 32.6 Å². The molecule has 2 N–H and O–H groups in total. The van der Waals surface area contributed by atoms with Gasteiger partial charge in [0.25, 0.3) is 0 Å². The average Bonchev–Trinajstić information content (AvgIpc) is 3.07. The molecule has 108 valence electrons. The fraction of sp³-hybridized carbons (Fsp3) is 0.846. The number of rotatable bonds is 5. The maximum Gasteiger partial charge on any atom is 0.249 e. The van der Waals surface area contributed by atoms with Crippen molar-refractivity contribution in [2.24, 2.45) is 0 Å². The molecule has 3 atom stereocenters. The number of hydrogen-bond acceptors (Lipinski definition) is 4. The second-order valence-corrected chi connectivity index (χ2v) is 5.16. The monoisotopic (exact) mass is 270 g/mol. The molecule has 19 heavy (non-hydrogen) atoms. The van der Waals surface area contributed by atoms with E-state index in [1.807, 2.05) is 6.92 Å². The molecule has 2 fully saturated rings. The Morgan fingerprint density at radius 2 is 1.68 bits per heavy atom. The summed E-state index contributed by atoms with van der Waals surface area (Å²) in [6, 6.07) is -0.109. The summed E-state index contributed by atoms with van der Waals surface area (Å²) in [6.07, 6.45) is 2.78. The van der Waals surface area contributed by atoms with Gasteiger partial charge in [-0.1, -0.05) is 0 Å². The first kappa shape index (κ1) is 14.3. The quantitative estimate of drug-likeness (QED) is 0.735. The molecule has 2 heterocycles. The molecule has 0 radical (unpaired) electrons. The standard InChI is InChI=1S/C13H22N2O4/c1-9(15-13(17)11-5-3-7-19-11)8-14-12(16)10-4-2-6-18-10/h9-11H,2-8H2,1H3,(H,14,16)(H,15,17). The van der Waals surface area contributed by atoms with Gasteiger partial charge in [0.1, 0.15) is 12.2 Å². The van der Waals surface area contributed by atoms with E-state index in [0.717, 1.165) is 25.7 Å². The van der Waals surface area contributed by atoms with Crippen LogP contribution in [-0.2, 0) is 19.1 Å². The summed E-state index contributed by atoms with van der Waals surface area (Å²) in [6.45, 7) is 3.59. The van der Waals surface area contributed by atoms with Crippen LogP contribution in [0, 0.1) is 0 Å². The number of carbonyl (C=O) groups excluding carboxylic acids is 2. The topological polar surface area (TPSA) is 76.7 Å². The Balaban J connectivity index is 1.64. The highest BCUT2D eigenvalue weighted by molar-refractivity contribution is 5.82. The molecule has 0 aromatic carbocycles. The summed E-state index contributed by atoms with van der Waals surface area (Å²) < 4.78 is 10.6. The van der Waals surface area contributed by atoms with Gasteiger partial charge in [-0.15, -0.1) is 0 Å². The zero-order valence-corrected chi connectivity index (χ0v) is 11.3. The Hall–Kier alpha value is -1.14. The van der Waals surface area contributed by atoms with Crippen molar-refractivity contribution in [2.75, 3.05) is 19.8 Å². The van der Waals surface area contributed by atoms with Gasteiger partial charge in [-0.3, -0.25) is 9.59 Å². The van der Waals surface area contributed by atoms with Gasteiger partial charge < -0.3 is 20.1 Å². The molecule has 0 saturated carbocycles. The lowest BCUT2D eigenvalue weighted by Gasteiger charge is -2.18. The third-order valence-corrected chi connectivity index (χ3v) is 3.42. The van der Waals surface area contributed by atoms with Crippen molar-refractivity contribution >= 4 is 11.8 Å². The summed E-state index contributed by atoms with van der Waals surface area (Å²) in [5.41, 5.74) is 0. The van der Waals surface area contributed by atoms with E-state index in [-0.39, 0.29) is 30.1 Å². The second-order valence-electron chi connectivity index (χ2n) is 5.16. The Bertz CT molecular complexity index is 323. The van der Waals surface area contributed by atoms with Crippen LogP contribution < -0.4 is 10.6 Å². The fourth-order valence-corrected chi connectivity index (χ4v) is 2.32. The fourth-order valence-electron chi connectivity index (χ4n) is 2.32. The van der Waals surface area contributed by atoms with Crippen LogP contribution in [0.15, 0.2) is 0 Å². The maximum atomic E-state index is 11.8. The predicted molar refractivity (Wildman–Crippen MR) is 68.6 cm³/mol. The summed E-state index contributed by atoms with van der Waals surface area (Å²) in [5.74, 6) is -0.174. The molecule has 0 aromatic heterocycles. The first-order chi connectivity index (χ1) is 9.16. The molecule has 2 aliphatic heterocycles. The van der Waals surface area contributed by atoms with Crippen LogP contribution in [0.1, 0.15) is 32.6 Å². The van der Waals surface area contributed by atoms with Crippen molar-refractivity contribution < 1.29 is 19.1 Å². The molecule has 0 aliphatic carbocycles. The largest absolute Gasteiger partial charge is 0.368 e. The number of nitrogens with one attached hydrogen (secondary N) is 2. The molecular formula is C13H22N2O4. The third kappa shape index (κ3) is 4.18. The van der Waals surface area contributed by atoms with Gasteiger partial charge in [-0.25, -0.2) is 0 Å². The van der Waals surface area contributed by atoms with E-state index in [9.17, 15) is 9.59 Å². The molecule has 0 spiro atoms. The number of ether oxygens (including phenoxy) is 2. The summed E-state index contributed by atoms with van der Waals surface area (Å²) in [4.78, 5) is 23.5. The molecular weight excluding hydrogens is 248 g/mol. The van der Waals surface area contributed by atoms with Crippen LogP contribution >= 0.6 is 0 Å². The second kappa shape index (κ2) is 6.86. The van der Waals surface area contributed by atoms with Crippen LogP contribution in [0.25, 0.3) is 0 Å². The van der Waals surface area contributed by atoms with Crippen molar-refractivity contribution in [3.63, 3.8) is 0 Å². The molecule has 0 aromatic rings. The molecule has 0 bridgehead atoms. The lowest BCUT2D eigenvalue weighted by atomic mass is 10.2. The third-order valence-electron chi connectivity index (χ3n) is 3.42. The summed E-state index contributed by atoms with van der Waals surface area (Å²) in [5, 5.41) is 5.65. The van der Waals surface area contributed by atoms with Gasteiger partial charge in [0, 0.05) is 25.8 Å². The predicted octanol–water partition coefficient (Wildman–Crippen LogP) is -0.0347. The zero-order valence-electron chi connectivity index (χ0n) is 11.3. The van der Waals surface area contributed by atoms with Crippen molar-refractivity contribution in [2.45, 2.75) is 50.9 Å². The summed E-state index contributed by atoms with van der Waals surface area (Å²) >= 11 is 0. The first-order valence-electron chi connectivity index (χ1n) is 6.98. The van der Waals surface area contributed by atoms with E-state index < -0.39 is 0 Å². The molecule has 2 rings (SSSR count). The van der Waals surface area contributed by atoms with E-state index in [4.69, 9.17) is 9.47 Å². The number of carbonyl (C=O) groups is 2. The highest BCUT2D eigenvalue weighted by atomic mass is 16.5. The van der Waals surface area contributed by atoms with Crippen molar-refractivity contribution in [3.05, 3.63) is 0 Å². The Labute approximate surface area is 113 Å². The van der Waals surface area contributed by atoms with Crippen LogP contribution in [0.2, 0.25) is 0 Å². The van der Waals surface area contributed by atoms with Gasteiger partial charge in [0.2, 0.25) is 11.8 Å². The van der Waals surface area contributed by atoms with E-state index >= 15 is 0 Å². The molecule has 3 unspecified atom stereocenters. The minimum absolute atomic E-state index is 0.0867. The van der Waals surface area contributed by atoms with Crippen molar-refractivity contribution in [1.82, 2.24) is 10.6 Å². The molecule has 6 heteroatoms.